The number of nitrogens with one attached hydrogen (secondary N) is 1. The minimum atomic E-state index is -4.80. The number of alkyl halides is 3. The fraction of sp³-hybridized carbons (Fsp3) is 0.375. The third kappa shape index (κ3) is 3.02. The fourth-order valence-electron chi connectivity index (χ4n) is 0.851. The van der Waals surface area contributed by atoms with E-state index in [1.807, 2.05) is 12.3 Å². The number of hydrogen-bond acceptors (Lipinski definition) is 2. The molecule has 0 aliphatic carbocycles. The quantitative estimate of drug-likeness (QED) is 0.818. The molecule has 1 aromatic heterocycles. The number of thiophene rings is 1. The minimum Gasteiger partial charge on any atom is -0.343 e. The van der Waals surface area contributed by atoms with Crippen LogP contribution in [0.25, 0.3) is 0 Å². The van der Waals surface area contributed by atoms with Gasteiger partial charge in [0.25, 0.3) is 0 Å². The maximum absolute atomic E-state index is 11.7. The minimum absolute atomic E-state index is 0.0726. The molecule has 6 heteroatoms. The first-order chi connectivity index (χ1) is 6.39. The van der Waals surface area contributed by atoms with Crippen molar-refractivity contribution in [1.29, 1.82) is 0 Å². The van der Waals surface area contributed by atoms with Crippen LogP contribution in [0.4, 0.5) is 13.2 Å². The lowest BCUT2D eigenvalue weighted by Crippen LogP contribution is -2.36. The van der Waals surface area contributed by atoms with Gasteiger partial charge in [0.05, 0.1) is 6.54 Å². The molecule has 14 heavy (non-hydrogen) atoms. The third-order valence-electron chi connectivity index (χ3n) is 1.47. The van der Waals surface area contributed by atoms with Gasteiger partial charge >= 0.3 is 12.1 Å². The topological polar surface area (TPSA) is 29.1 Å². The monoisotopic (exact) mass is 223 g/mol. The first-order valence-corrected chi connectivity index (χ1v) is 4.66. The summed E-state index contributed by atoms with van der Waals surface area (Å²) in [6, 6.07) is 1.74. The van der Waals surface area contributed by atoms with E-state index in [1.54, 1.807) is 11.4 Å². The zero-order valence-electron chi connectivity index (χ0n) is 7.31. The van der Waals surface area contributed by atoms with Crippen LogP contribution in [-0.4, -0.2) is 12.1 Å². The molecule has 1 aromatic rings. The van der Waals surface area contributed by atoms with Gasteiger partial charge in [-0.2, -0.15) is 13.2 Å². The molecule has 0 bridgehead atoms. The molecule has 1 N–H and O–H groups in total. The van der Waals surface area contributed by atoms with E-state index in [0.717, 1.165) is 5.56 Å². The SMILES string of the molecule is Cc1csc(CNC(=O)C(F)(F)F)c1. The van der Waals surface area contributed by atoms with Crippen molar-refractivity contribution in [2.75, 3.05) is 0 Å². The number of halogens is 3. The van der Waals surface area contributed by atoms with Crippen LogP contribution in [0.2, 0.25) is 0 Å². The Hall–Kier alpha value is -1.04. The summed E-state index contributed by atoms with van der Waals surface area (Å²) < 4.78 is 35.2. The molecule has 0 fully saturated rings. The van der Waals surface area contributed by atoms with E-state index in [-0.39, 0.29) is 6.54 Å². The highest BCUT2D eigenvalue weighted by Crippen LogP contribution is 2.16. The van der Waals surface area contributed by atoms with Crippen LogP contribution < -0.4 is 5.32 Å². The van der Waals surface area contributed by atoms with Crippen molar-refractivity contribution < 1.29 is 18.0 Å². The second kappa shape index (κ2) is 4.00. The zero-order valence-corrected chi connectivity index (χ0v) is 8.13. The average Bonchev–Trinajstić information content (AvgIpc) is 2.45. The fourth-order valence-corrected chi connectivity index (χ4v) is 1.67. The Morgan fingerprint density at radius 3 is 2.64 bits per heavy atom. The largest absolute Gasteiger partial charge is 0.471 e. The van der Waals surface area contributed by atoms with Crippen LogP contribution in [0.15, 0.2) is 11.4 Å². The van der Waals surface area contributed by atoms with Gasteiger partial charge in [-0.15, -0.1) is 11.3 Å². The van der Waals surface area contributed by atoms with Gasteiger partial charge in [-0.3, -0.25) is 4.79 Å². The highest BCUT2D eigenvalue weighted by molar-refractivity contribution is 7.10. The molecule has 0 saturated carbocycles. The summed E-state index contributed by atoms with van der Waals surface area (Å²) in [4.78, 5) is 11.1. The molecule has 1 rings (SSSR count). The van der Waals surface area contributed by atoms with E-state index < -0.39 is 12.1 Å². The Morgan fingerprint density at radius 2 is 2.21 bits per heavy atom. The Labute approximate surface area is 82.7 Å². The van der Waals surface area contributed by atoms with E-state index in [2.05, 4.69) is 0 Å². The Morgan fingerprint density at radius 1 is 1.57 bits per heavy atom. The van der Waals surface area contributed by atoms with Gasteiger partial charge in [-0.25, -0.2) is 0 Å². The molecule has 0 saturated heterocycles. The average molecular weight is 223 g/mol. The van der Waals surface area contributed by atoms with Gasteiger partial charge in [0.1, 0.15) is 0 Å². The van der Waals surface area contributed by atoms with E-state index in [0.29, 0.717) is 4.88 Å². The molecule has 0 unspecified atom stereocenters. The number of carbonyl (C=O) groups excluding carboxylic acids is 1. The summed E-state index contributed by atoms with van der Waals surface area (Å²) in [6.07, 6.45) is -4.80. The molecule has 1 amide bonds. The molecule has 0 spiro atoms. The Kier molecular flexibility index (Phi) is 3.15. The van der Waals surface area contributed by atoms with Crippen LogP contribution in [0.3, 0.4) is 0 Å². The summed E-state index contributed by atoms with van der Waals surface area (Å²) in [5.74, 6) is -1.90. The second-order valence-electron chi connectivity index (χ2n) is 2.77. The summed E-state index contributed by atoms with van der Waals surface area (Å²) in [6.45, 7) is 1.77. The highest BCUT2D eigenvalue weighted by atomic mass is 32.1. The van der Waals surface area contributed by atoms with Crippen LogP contribution in [0, 0.1) is 6.92 Å². The zero-order chi connectivity index (χ0) is 10.8. The maximum Gasteiger partial charge on any atom is 0.471 e. The number of carbonyl (C=O) groups is 1. The molecular formula is C8H8F3NOS. The van der Waals surface area contributed by atoms with E-state index in [1.165, 1.54) is 11.3 Å². The first kappa shape index (κ1) is 11.0. The van der Waals surface area contributed by atoms with Crippen molar-refractivity contribution in [2.24, 2.45) is 0 Å². The summed E-state index contributed by atoms with van der Waals surface area (Å²) in [5.41, 5.74) is 0.978. The maximum atomic E-state index is 11.7. The summed E-state index contributed by atoms with van der Waals surface area (Å²) in [5, 5.41) is 3.61. The van der Waals surface area contributed by atoms with Gasteiger partial charge in [0.2, 0.25) is 0 Å². The van der Waals surface area contributed by atoms with E-state index in [9.17, 15) is 18.0 Å². The molecule has 78 valence electrons. The normalized spacial score (nSPS) is 11.4. The van der Waals surface area contributed by atoms with Gasteiger partial charge in [0, 0.05) is 4.88 Å². The molecule has 1 heterocycles. The van der Waals surface area contributed by atoms with Crippen LogP contribution in [0.1, 0.15) is 10.4 Å². The number of rotatable bonds is 2. The highest BCUT2D eigenvalue weighted by Gasteiger charge is 2.38. The first-order valence-electron chi connectivity index (χ1n) is 3.78. The van der Waals surface area contributed by atoms with Crippen molar-refractivity contribution in [2.45, 2.75) is 19.6 Å². The standard InChI is InChI=1S/C8H8F3NOS/c1-5-2-6(14-4-5)3-12-7(13)8(9,10)11/h2,4H,3H2,1H3,(H,12,13). The number of aryl methyl sites for hydroxylation is 1. The van der Waals surface area contributed by atoms with Gasteiger partial charge < -0.3 is 5.32 Å². The second-order valence-corrected chi connectivity index (χ2v) is 3.77. The van der Waals surface area contributed by atoms with Gasteiger partial charge in [0.15, 0.2) is 0 Å². The lowest BCUT2D eigenvalue weighted by Gasteiger charge is -2.05. The van der Waals surface area contributed by atoms with Gasteiger partial charge in [-0.1, -0.05) is 0 Å². The van der Waals surface area contributed by atoms with Crippen LogP contribution in [-0.2, 0) is 11.3 Å². The van der Waals surface area contributed by atoms with E-state index >= 15 is 0 Å². The van der Waals surface area contributed by atoms with Crippen molar-refractivity contribution in [3.63, 3.8) is 0 Å². The predicted octanol–water partition coefficient (Wildman–Crippen LogP) is 2.24. The Bertz CT molecular complexity index is 332. The molecule has 0 aromatic carbocycles. The predicted molar refractivity (Wildman–Crippen MR) is 47.0 cm³/mol. The van der Waals surface area contributed by atoms with E-state index in [4.69, 9.17) is 0 Å². The lowest BCUT2D eigenvalue weighted by molar-refractivity contribution is -0.173. The van der Waals surface area contributed by atoms with Crippen molar-refractivity contribution in [3.8, 4) is 0 Å². The van der Waals surface area contributed by atoms with Crippen LogP contribution in [0.5, 0.6) is 0 Å². The van der Waals surface area contributed by atoms with Crippen molar-refractivity contribution in [1.82, 2.24) is 5.32 Å². The third-order valence-corrected chi connectivity index (χ3v) is 2.52. The lowest BCUT2D eigenvalue weighted by atomic mass is 10.3. The molecule has 0 aliphatic heterocycles. The smallest absolute Gasteiger partial charge is 0.343 e. The van der Waals surface area contributed by atoms with Gasteiger partial charge in [-0.05, 0) is 23.9 Å². The molecule has 0 aliphatic rings. The molecule has 0 atom stereocenters. The van der Waals surface area contributed by atoms with Crippen LogP contribution >= 0.6 is 11.3 Å². The molecular weight excluding hydrogens is 215 g/mol. The van der Waals surface area contributed by atoms with Crippen molar-refractivity contribution in [3.05, 3.63) is 21.9 Å². The number of hydrogen-bond donors (Lipinski definition) is 1. The molecule has 0 radical (unpaired) electrons. The number of amides is 1. The Balaban J connectivity index is 2.46. The summed E-state index contributed by atoms with van der Waals surface area (Å²) >= 11 is 1.32. The van der Waals surface area contributed by atoms with Crippen molar-refractivity contribution >= 4 is 17.2 Å². The molecule has 2 nitrogen and oxygen atoms in total. The summed E-state index contributed by atoms with van der Waals surface area (Å²) in [7, 11) is 0.